The zero-order valence-electron chi connectivity index (χ0n) is 18.0. The molecule has 0 aliphatic carbocycles. The molecule has 0 saturated carbocycles. The monoisotopic (exact) mass is 446 g/mol. The predicted molar refractivity (Wildman–Crippen MR) is 118 cm³/mol. The van der Waals surface area contributed by atoms with Gasteiger partial charge in [0.15, 0.2) is 0 Å². The van der Waals surface area contributed by atoms with Crippen LogP contribution >= 0.6 is 0 Å². The van der Waals surface area contributed by atoms with Crippen molar-refractivity contribution in [3.05, 3.63) is 53.6 Å². The van der Waals surface area contributed by atoms with Gasteiger partial charge in [0, 0.05) is 25.2 Å². The third-order valence-corrected chi connectivity index (χ3v) is 7.65. The van der Waals surface area contributed by atoms with Gasteiger partial charge in [0.1, 0.15) is 18.1 Å². The quantitative estimate of drug-likeness (QED) is 0.581. The average Bonchev–Trinajstić information content (AvgIpc) is 3.21. The molecular formula is C23H30N2O5S. The maximum atomic E-state index is 13.2. The highest BCUT2D eigenvalue weighted by Gasteiger charge is 2.28. The molecule has 0 unspecified atom stereocenters. The summed E-state index contributed by atoms with van der Waals surface area (Å²) in [5.74, 6) is 1.35. The van der Waals surface area contributed by atoms with Crippen LogP contribution in [0.2, 0.25) is 0 Å². The van der Waals surface area contributed by atoms with Crippen LogP contribution in [0.3, 0.4) is 0 Å². The van der Waals surface area contributed by atoms with Gasteiger partial charge in [0.2, 0.25) is 10.0 Å². The molecule has 8 heteroatoms. The van der Waals surface area contributed by atoms with Crippen molar-refractivity contribution in [2.45, 2.75) is 30.9 Å². The molecule has 2 heterocycles. The maximum Gasteiger partial charge on any atom is 0.243 e. The van der Waals surface area contributed by atoms with Crippen LogP contribution in [0.15, 0.2) is 47.4 Å². The SMILES string of the molecule is COc1ccc(S(=O)(=O)N2CCOc3ccc(COCCN4CCCC4)cc3C2)cc1. The van der Waals surface area contributed by atoms with E-state index in [0.29, 0.717) is 32.1 Å². The second kappa shape index (κ2) is 9.99. The summed E-state index contributed by atoms with van der Waals surface area (Å²) in [6, 6.07) is 12.4. The molecule has 2 aromatic carbocycles. The maximum absolute atomic E-state index is 13.2. The topological polar surface area (TPSA) is 68.3 Å². The minimum absolute atomic E-state index is 0.248. The lowest BCUT2D eigenvalue weighted by Gasteiger charge is -2.20. The summed E-state index contributed by atoms with van der Waals surface area (Å²) in [4.78, 5) is 2.67. The first-order valence-corrected chi connectivity index (χ1v) is 12.2. The Morgan fingerprint density at radius 3 is 2.55 bits per heavy atom. The Bertz CT molecular complexity index is 972. The highest BCUT2D eigenvalue weighted by Crippen LogP contribution is 2.28. The van der Waals surface area contributed by atoms with Crippen LogP contribution < -0.4 is 9.47 Å². The first kappa shape index (κ1) is 22.1. The van der Waals surface area contributed by atoms with Crippen molar-refractivity contribution in [1.82, 2.24) is 9.21 Å². The van der Waals surface area contributed by atoms with Crippen molar-refractivity contribution in [2.75, 3.05) is 46.5 Å². The van der Waals surface area contributed by atoms with Gasteiger partial charge in [0.25, 0.3) is 0 Å². The number of hydrogen-bond acceptors (Lipinski definition) is 6. The molecule has 168 valence electrons. The zero-order chi connectivity index (χ0) is 21.7. The molecule has 7 nitrogen and oxygen atoms in total. The number of hydrogen-bond donors (Lipinski definition) is 0. The first-order chi connectivity index (χ1) is 15.1. The predicted octanol–water partition coefficient (Wildman–Crippen LogP) is 2.89. The number of likely N-dealkylation sites (tertiary alicyclic amines) is 1. The van der Waals surface area contributed by atoms with Crippen LogP contribution in [0.4, 0.5) is 0 Å². The van der Waals surface area contributed by atoms with E-state index in [0.717, 1.165) is 36.5 Å². The fraction of sp³-hybridized carbons (Fsp3) is 0.478. The molecule has 0 spiro atoms. The van der Waals surface area contributed by atoms with Gasteiger partial charge in [0.05, 0.1) is 25.2 Å². The third kappa shape index (κ3) is 5.38. The second-order valence-electron chi connectivity index (χ2n) is 7.91. The van der Waals surface area contributed by atoms with E-state index >= 15 is 0 Å². The Morgan fingerprint density at radius 2 is 1.81 bits per heavy atom. The summed E-state index contributed by atoms with van der Waals surface area (Å²) < 4.78 is 44.6. The van der Waals surface area contributed by atoms with Crippen LogP contribution in [0, 0.1) is 0 Å². The van der Waals surface area contributed by atoms with Gasteiger partial charge in [-0.15, -0.1) is 0 Å². The molecule has 0 N–H and O–H groups in total. The van der Waals surface area contributed by atoms with Crippen LogP contribution in [-0.4, -0.2) is 64.1 Å². The number of nitrogens with zero attached hydrogens (tertiary/aromatic N) is 2. The number of rotatable bonds is 8. The average molecular weight is 447 g/mol. The van der Waals surface area contributed by atoms with Crippen molar-refractivity contribution >= 4 is 10.0 Å². The Balaban J connectivity index is 1.42. The Kier molecular flexibility index (Phi) is 7.12. The molecule has 1 fully saturated rings. The number of fused-ring (bicyclic) bond motifs is 1. The summed E-state index contributed by atoms with van der Waals surface area (Å²) >= 11 is 0. The van der Waals surface area contributed by atoms with Crippen molar-refractivity contribution < 1.29 is 22.6 Å². The lowest BCUT2D eigenvalue weighted by atomic mass is 10.1. The van der Waals surface area contributed by atoms with Crippen LogP contribution in [0.1, 0.15) is 24.0 Å². The Morgan fingerprint density at radius 1 is 1.03 bits per heavy atom. The van der Waals surface area contributed by atoms with E-state index in [1.54, 1.807) is 31.4 Å². The van der Waals surface area contributed by atoms with Gasteiger partial charge in [-0.25, -0.2) is 8.42 Å². The molecule has 0 bridgehead atoms. The van der Waals surface area contributed by atoms with E-state index in [-0.39, 0.29) is 11.4 Å². The van der Waals surface area contributed by atoms with Crippen LogP contribution in [-0.2, 0) is 27.9 Å². The number of ether oxygens (including phenoxy) is 3. The molecule has 4 rings (SSSR count). The van der Waals surface area contributed by atoms with Gasteiger partial charge in [-0.1, -0.05) is 6.07 Å². The lowest BCUT2D eigenvalue weighted by molar-refractivity contribution is 0.0992. The minimum Gasteiger partial charge on any atom is -0.497 e. The molecular weight excluding hydrogens is 416 g/mol. The summed E-state index contributed by atoms with van der Waals surface area (Å²) in [7, 11) is -2.08. The third-order valence-electron chi connectivity index (χ3n) is 5.79. The molecule has 0 amide bonds. The number of sulfonamides is 1. The Labute approximate surface area is 184 Å². The smallest absolute Gasteiger partial charge is 0.243 e. The molecule has 2 aromatic rings. The fourth-order valence-electron chi connectivity index (χ4n) is 4.01. The fourth-order valence-corrected chi connectivity index (χ4v) is 5.41. The largest absolute Gasteiger partial charge is 0.497 e. The van der Waals surface area contributed by atoms with Gasteiger partial charge in [-0.3, -0.25) is 0 Å². The Hall–Kier alpha value is -2.13. The zero-order valence-corrected chi connectivity index (χ0v) is 18.8. The van der Waals surface area contributed by atoms with Crippen LogP contribution in [0.25, 0.3) is 0 Å². The molecule has 0 aromatic heterocycles. The van der Waals surface area contributed by atoms with E-state index in [1.165, 1.54) is 17.1 Å². The van der Waals surface area contributed by atoms with Gasteiger partial charge in [-0.05, 0) is 67.9 Å². The molecule has 0 radical (unpaired) electrons. The number of methoxy groups -OCH3 is 1. The normalized spacial score (nSPS) is 17.7. The van der Waals surface area contributed by atoms with Gasteiger partial charge >= 0.3 is 0 Å². The first-order valence-electron chi connectivity index (χ1n) is 10.8. The highest BCUT2D eigenvalue weighted by atomic mass is 32.2. The van der Waals surface area contributed by atoms with Crippen molar-refractivity contribution in [3.8, 4) is 11.5 Å². The molecule has 2 aliphatic rings. The van der Waals surface area contributed by atoms with E-state index < -0.39 is 10.0 Å². The van der Waals surface area contributed by atoms with Crippen molar-refractivity contribution in [1.29, 1.82) is 0 Å². The van der Waals surface area contributed by atoms with Crippen LogP contribution in [0.5, 0.6) is 11.5 Å². The van der Waals surface area contributed by atoms with Gasteiger partial charge in [-0.2, -0.15) is 4.31 Å². The molecule has 0 atom stereocenters. The lowest BCUT2D eigenvalue weighted by Crippen LogP contribution is -2.32. The summed E-state index contributed by atoms with van der Waals surface area (Å²) in [5, 5.41) is 0. The number of benzene rings is 2. The summed E-state index contributed by atoms with van der Waals surface area (Å²) in [5.41, 5.74) is 1.88. The van der Waals surface area contributed by atoms with Crippen molar-refractivity contribution in [2.24, 2.45) is 0 Å². The van der Waals surface area contributed by atoms with E-state index in [2.05, 4.69) is 4.90 Å². The molecule has 31 heavy (non-hydrogen) atoms. The van der Waals surface area contributed by atoms with E-state index in [1.807, 2.05) is 18.2 Å². The molecule has 1 saturated heterocycles. The van der Waals surface area contributed by atoms with E-state index in [4.69, 9.17) is 14.2 Å². The van der Waals surface area contributed by atoms with Gasteiger partial charge < -0.3 is 19.1 Å². The minimum atomic E-state index is -3.64. The second-order valence-corrected chi connectivity index (χ2v) is 9.84. The molecule has 2 aliphatic heterocycles. The standard InChI is InChI=1S/C23H30N2O5S/c1-28-21-5-7-22(8-6-21)31(26,27)25-13-15-30-23-9-4-19(16-20(23)17-25)18-29-14-12-24-10-2-3-11-24/h4-9,16H,2-3,10-15,17-18H2,1H3. The van der Waals surface area contributed by atoms with E-state index in [9.17, 15) is 8.42 Å². The summed E-state index contributed by atoms with van der Waals surface area (Å²) in [6.45, 7) is 5.38. The highest BCUT2D eigenvalue weighted by molar-refractivity contribution is 7.89. The van der Waals surface area contributed by atoms with Crippen molar-refractivity contribution in [3.63, 3.8) is 0 Å². The summed E-state index contributed by atoms with van der Waals surface area (Å²) in [6.07, 6.45) is 2.56.